The second-order valence-corrected chi connectivity index (χ2v) is 4.57. The molecule has 0 spiro atoms. The van der Waals surface area contributed by atoms with Gasteiger partial charge in [-0.25, -0.2) is 4.98 Å². The highest BCUT2D eigenvalue weighted by Crippen LogP contribution is 2.21. The van der Waals surface area contributed by atoms with E-state index in [9.17, 15) is 0 Å². The standard InChI is InChI=1S/C11H13ClN6/c12-8-1-2-10(15-9(8)5-13)17-3-4-18-7-14-16-11(18)6-17/h1-2,7H,3-6,13H2. The minimum atomic E-state index is 0.344. The maximum Gasteiger partial charge on any atom is 0.152 e. The number of rotatable bonds is 2. The number of fused-ring (bicyclic) bond motifs is 1. The van der Waals surface area contributed by atoms with Gasteiger partial charge in [0, 0.05) is 19.6 Å². The molecule has 3 rings (SSSR count). The first-order valence-corrected chi connectivity index (χ1v) is 6.13. The molecule has 0 saturated carbocycles. The van der Waals surface area contributed by atoms with Crippen molar-refractivity contribution in [3.05, 3.63) is 35.0 Å². The molecule has 0 unspecified atom stereocenters. The van der Waals surface area contributed by atoms with Crippen LogP contribution >= 0.6 is 11.6 Å². The lowest BCUT2D eigenvalue weighted by atomic mass is 10.3. The molecule has 7 heteroatoms. The average molecular weight is 265 g/mol. The van der Waals surface area contributed by atoms with E-state index in [1.807, 2.05) is 12.1 Å². The summed E-state index contributed by atoms with van der Waals surface area (Å²) in [6.45, 7) is 2.80. The van der Waals surface area contributed by atoms with Crippen LogP contribution in [0, 0.1) is 0 Å². The minimum Gasteiger partial charge on any atom is -0.347 e. The molecule has 2 N–H and O–H groups in total. The zero-order valence-corrected chi connectivity index (χ0v) is 10.5. The lowest BCUT2D eigenvalue weighted by Gasteiger charge is -2.28. The first kappa shape index (κ1) is 11.4. The summed E-state index contributed by atoms with van der Waals surface area (Å²) in [7, 11) is 0. The molecule has 6 nitrogen and oxygen atoms in total. The molecule has 2 aromatic heterocycles. The molecule has 0 saturated heterocycles. The van der Waals surface area contributed by atoms with Crippen LogP contribution in [0.25, 0.3) is 0 Å². The van der Waals surface area contributed by atoms with E-state index in [2.05, 4.69) is 24.6 Å². The van der Waals surface area contributed by atoms with Crippen molar-refractivity contribution in [2.24, 2.45) is 5.73 Å². The van der Waals surface area contributed by atoms with Crippen LogP contribution < -0.4 is 10.6 Å². The molecule has 0 amide bonds. The molecule has 0 radical (unpaired) electrons. The van der Waals surface area contributed by atoms with Crippen LogP contribution in [0.5, 0.6) is 0 Å². The second kappa shape index (κ2) is 4.55. The summed E-state index contributed by atoms with van der Waals surface area (Å²) >= 11 is 6.01. The Kier molecular flexibility index (Phi) is 2.89. The zero-order chi connectivity index (χ0) is 12.5. The summed E-state index contributed by atoms with van der Waals surface area (Å²) in [5, 5.41) is 8.60. The monoisotopic (exact) mass is 264 g/mol. The topological polar surface area (TPSA) is 72.9 Å². The van der Waals surface area contributed by atoms with Gasteiger partial charge in [-0.2, -0.15) is 0 Å². The Morgan fingerprint density at radius 2 is 2.22 bits per heavy atom. The Morgan fingerprint density at radius 1 is 1.33 bits per heavy atom. The fourth-order valence-electron chi connectivity index (χ4n) is 2.05. The van der Waals surface area contributed by atoms with E-state index in [0.29, 0.717) is 18.1 Å². The molecule has 94 valence electrons. The van der Waals surface area contributed by atoms with Crippen LogP contribution in [0.3, 0.4) is 0 Å². The highest BCUT2D eigenvalue weighted by molar-refractivity contribution is 6.31. The Bertz CT molecular complexity index is 566. The van der Waals surface area contributed by atoms with Crippen molar-refractivity contribution in [3.63, 3.8) is 0 Å². The molecular formula is C11H13ClN6. The molecule has 0 bridgehead atoms. The van der Waals surface area contributed by atoms with Crippen LogP contribution in [0.15, 0.2) is 18.5 Å². The summed E-state index contributed by atoms with van der Waals surface area (Å²) in [5.74, 6) is 1.83. The van der Waals surface area contributed by atoms with E-state index >= 15 is 0 Å². The third-order valence-corrected chi connectivity index (χ3v) is 3.40. The minimum absolute atomic E-state index is 0.344. The van der Waals surface area contributed by atoms with Crippen LogP contribution in [-0.4, -0.2) is 26.3 Å². The summed E-state index contributed by atoms with van der Waals surface area (Å²) < 4.78 is 2.05. The van der Waals surface area contributed by atoms with E-state index < -0.39 is 0 Å². The Hall–Kier alpha value is -1.66. The van der Waals surface area contributed by atoms with Crippen molar-refractivity contribution in [2.75, 3.05) is 11.4 Å². The van der Waals surface area contributed by atoms with Gasteiger partial charge in [0.1, 0.15) is 12.1 Å². The van der Waals surface area contributed by atoms with Gasteiger partial charge in [0.25, 0.3) is 0 Å². The van der Waals surface area contributed by atoms with E-state index in [-0.39, 0.29) is 0 Å². The molecule has 1 aliphatic heterocycles. The molecule has 0 atom stereocenters. The Labute approximate surface area is 109 Å². The van der Waals surface area contributed by atoms with Crippen molar-refractivity contribution >= 4 is 17.4 Å². The number of anilines is 1. The lowest BCUT2D eigenvalue weighted by Crippen LogP contribution is -2.34. The van der Waals surface area contributed by atoms with E-state index in [1.165, 1.54) is 0 Å². The van der Waals surface area contributed by atoms with Gasteiger partial charge >= 0.3 is 0 Å². The maximum atomic E-state index is 6.01. The predicted octanol–water partition coefficient (Wildman–Crippen LogP) is 0.805. The number of hydrogen-bond acceptors (Lipinski definition) is 5. The third-order valence-electron chi connectivity index (χ3n) is 3.06. The second-order valence-electron chi connectivity index (χ2n) is 4.16. The molecule has 18 heavy (non-hydrogen) atoms. The number of pyridine rings is 1. The fraction of sp³-hybridized carbons (Fsp3) is 0.364. The lowest BCUT2D eigenvalue weighted by molar-refractivity contribution is 0.555. The normalized spacial score (nSPS) is 14.7. The van der Waals surface area contributed by atoms with E-state index in [4.69, 9.17) is 17.3 Å². The van der Waals surface area contributed by atoms with Gasteiger partial charge in [0.15, 0.2) is 5.82 Å². The van der Waals surface area contributed by atoms with E-state index in [0.717, 1.165) is 30.4 Å². The molecule has 0 aliphatic carbocycles. The highest BCUT2D eigenvalue weighted by Gasteiger charge is 2.19. The summed E-state index contributed by atoms with van der Waals surface area (Å²) in [6, 6.07) is 3.75. The van der Waals surface area contributed by atoms with Crippen molar-refractivity contribution < 1.29 is 0 Å². The summed E-state index contributed by atoms with van der Waals surface area (Å²) in [4.78, 5) is 6.64. The van der Waals surface area contributed by atoms with Gasteiger partial charge in [0.2, 0.25) is 0 Å². The van der Waals surface area contributed by atoms with Gasteiger partial charge in [-0.1, -0.05) is 11.6 Å². The predicted molar refractivity (Wildman–Crippen MR) is 68.2 cm³/mol. The third kappa shape index (κ3) is 1.93. The van der Waals surface area contributed by atoms with Crippen molar-refractivity contribution in [1.29, 1.82) is 0 Å². The smallest absolute Gasteiger partial charge is 0.152 e. The van der Waals surface area contributed by atoms with Gasteiger partial charge in [-0.15, -0.1) is 10.2 Å². The number of halogens is 1. The van der Waals surface area contributed by atoms with Crippen LogP contribution in [0.4, 0.5) is 5.82 Å². The molecule has 2 aromatic rings. The van der Waals surface area contributed by atoms with Crippen molar-refractivity contribution in [2.45, 2.75) is 19.6 Å². The first-order valence-electron chi connectivity index (χ1n) is 5.75. The van der Waals surface area contributed by atoms with Gasteiger partial charge in [0.05, 0.1) is 17.3 Å². The van der Waals surface area contributed by atoms with Gasteiger partial charge < -0.3 is 15.2 Å². The fourth-order valence-corrected chi connectivity index (χ4v) is 2.24. The van der Waals surface area contributed by atoms with Crippen LogP contribution in [0.2, 0.25) is 5.02 Å². The number of hydrogen-bond donors (Lipinski definition) is 1. The molecular weight excluding hydrogens is 252 g/mol. The highest BCUT2D eigenvalue weighted by atomic mass is 35.5. The van der Waals surface area contributed by atoms with Crippen molar-refractivity contribution in [3.8, 4) is 0 Å². The molecule has 3 heterocycles. The number of nitrogens with two attached hydrogens (primary N) is 1. The summed E-state index contributed by atoms with van der Waals surface area (Å²) in [5.41, 5.74) is 6.34. The van der Waals surface area contributed by atoms with Gasteiger partial charge in [-0.3, -0.25) is 0 Å². The molecule has 1 aliphatic rings. The molecule has 0 fully saturated rings. The van der Waals surface area contributed by atoms with Crippen LogP contribution in [0.1, 0.15) is 11.5 Å². The van der Waals surface area contributed by atoms with Gasteiger partial charge in [-0.05, 0) is 12.1 Å². The largest absolute Gasteiger partial charge is 0.347 e. The zero-order valence-electron chi connectivity index (χ0n) is 9.75. The number of aromatic nitrogens is 4. The first-order chi connectivity index (χ1) is 8.78. The molecule has 0 aromatic carbocycles. The number of nitrogens with zero attached hydrogens (tertiary/aromatic N) is 5. The summed E-state index contributed by atoms with van der Waals surface area (Å²) in [6.07, 6.45) is 1.76. The SMILES string of the molecule is NCc1nc(N2CCn3cnnc3C2)ccc1Cl. The average Bonchev–Trinajstić information content (AvgIpc) is 2.86. The quantitative estimate of drug-likeness (QED) is 0.869. The maximum absolute atomic E-state index is 6.01. The Morgan fingerprint density at radius 3 is 3.06 bits per heavy atom. The van der Waals surface area contributed by atoms with Crippen LogP contribution in [-0.2, 0) is 19.6 Å². The van der Waals surface area contributed by atoms with E-state index in [1.54, 1.807) is 6.33 Å². The Balaban J connectivity index is 1.88. The van der Waals surface area contributed by atoms with Crippen molar-refractivity contribution in [1.82, 2.24) is 19.7 Å².